The number of alkyl halides is 1. The maximum Gasteiger partial charge on any atom is 0.232 e. The lowest BCUT2D eigenvalue weighted by Crippen LogP contribution is -2.17. The highest BCUT2D eigenvalue weighted by molar-refractivity contribution is 7.92. The van der Waals surface area contributed by atoms with Crippen molar-refractivity contribution in [3.63, 3.8) is 0 Å². The van der Waals surface area contributed by atoms with Gasteiger partial charge in [0.15, 0.2) is 11.6 Å². The van der Waals surface area contributed by atoms with E-state index >= 15 is 0 Å². The van der Waals surface area contributed by atoms with Crippen LogP contribution in [-0.2, 0) is 10.0 Å². The van der Waals surface area contributed by atoms with E-state index in [-0.39, 0.29) is 46.2 Å². The van der Waals surface area contributed by atoms with Crippen LogP contribution in [-0.4, -0.2) is 41.4 Å². The van der Waals surface area contributed by atoms with E-state index in [1.165, 1.54) is 41.2 Å². The molecule has 9 nitrogen and oxygen atoms in total. The summed E-state index contributed by atoms with van der Waals surface area (Å²) in [7, 11) is -3.97. The van der Waals surface area contributed by atoms with Crippen LogP contribution >= 0.6 is 0 Å². The second-order valence-corrected chi connectivity index (χ2v) is 11.2. The number of ether oxygens (including phenoxy) is 1. The molecule has 2 heterocycles. The number of benzene rings is 3. The van der Waals surface area contributed by atoms with Crippen molar-refractivity contribution in [1.82, 2.24) is 14.8 Å². The molecule has 14 heteroatoms. The van der Waals surface area contributed by atoms with Gasteiger partial charge in [-0.1, -0.05) is 6.07 Å². The van der Waals surface area contributed by atoms with Gasteiger partial charge in [0.2, 0.25) is 21.6 Å². The normalized spacial score (nSPS) is 11.6. The third-order valence-electron chi connectivity index (χ3n) is 6.36. The number of carbonyl (C=O) groups excluding carboxylic acids is 1. The predicted octanol–water partition coefficient (Wildman–Crippen LogP) is 5.79. The van der Waals surface area contributed by atoms with Crippen LogP contribution in [0.1, 0.15) is 28.0 Å². The Balaban J connectivity index is 1.39. The molecule has 2 aromatic heterocycles. The Labute approximate surface area is 237 Å². The molecule has 0 atom stereocenters. The average Bonchev–Trinajstić information content (AvgIpc) is 3.53. The van der Waals surface area contributed by atoms with Gasteiger partial charge in [0.1, 0.15) is 17.4 Å². The van der Waals surface area contributed by atoms with E-state index in [1.807, 2.05) is 0 Å². The fourth-order valence-electron chi connectivity index (χ4n) is 4.31. The molecule has 4 N–H and O–H groups in total. The number of carbonyl (C=O) groups is 1. The van der Waals surface area contributed by atoms with Gasteiger partial charge in [0.25, 0.3) is 0 Å². The highest BCUT2D eigenvalue weighted by atomic mass is 32.2. The summed E-state index contributed by atoms with van der Waals surface area (Å²) in [5.41, 5.74) is 7.37. The number of anilines is 2. The summed E-state index contributed by atoms with van der Waals surface area (Å²) >= 11 is 0. The van der Waals surface area contributed by atoms with Crippen LogP contribution in [0.25, 0.3) is 16.6 Å². The maximum atomic E-state index is 14.6. The minimum atomic E-state index is -3.97. The zero-order valence-corrected chi connectivity index (χ0v) is 22.7. The van der Waals surface area contributed by atoms with Crippen LogP contribution < -0.4 is 15.2 Å². The zero-order chi connectivity index (χ0) is 30.2. The number of nitrogens with two attached hydrogens (primary N) is 1. The first kappa shape index (κ1) is 28.7. The number of rotatable bonds is 10. The SMILES string of the molecule is Cc1cc(Oc2cccc(F)c2F)ccc1-n1ncc(C(=O)c2cc3cc(F)c(NS(=O)(=O)CCCF)cc3[nH]2)c1N. The van der Waals surface area contributed by atoms with Gasteiger partial charge in [-0.05, 0) is 67.4 Å². The number of nitrogens with one attached hydrogen (secondary N) is 2. The topological polar surface area (TPSA) is 132 Å². The van der Waals surface area contributed by atoms with Gasteiger partial charge in [-0.25, -0.2) is 21.9 Å². The Morgan fingerprint density at radius 2 is 1.88 bits per heavy atom. The molecule has 0 unspecified atom stereocenters. The average molecular weight is 602 g/mol. The summed E-state index contributed by atoms with van der Waals surface area (Å²) < 4.78 is 87.5. The Bertz CT molecular complexity index is 1940. The maximum absolute atomic E-state index is 14.6. The van der Waals surface area contributed by atoms with Crippen molar-refractivity contribution in [2.75, 3.05) is 22.9 Å². The lowest BCUT2D eigenvalue weighted by molar-refractivity contribution is 0.103. The smallest absolute Gasteiger partial charge is 0.232 e. The van der Waals surface area contributed by atoms with E-state index in [9.17, 15) is 30.8 Å². The van der Waals surface area contributed by atoms with Crippen LogP contribution in [0, 0.1) is 24.4 Å². The lowest BCUT2D eigenvalue weighted by Gasteiger charge is -2.12. The molecule has 0 saturated carbocycles. The van der Waals surface area contributed by atoms with Crippen molar-refractivity contribution in [2.24, 2.45) is 0 Å². The number of sulfonamides is 1. The summed E-state index contributed by atoms with van der Waals surface area (Å²) in [6.07, 6.45) is 1.03. The van der Waals surface area contributed by atoms with E-state index in [0.29, 0.717) is 16.6 Å². The number of H-pyrrole nitrogens is 1. The molecule has 5 rings (SSSR count). The summed E-state index contributed by atoms with van der Waals surface area (Å²) in [5.74, 6) is -4.16. The van der Waals surface area contributed by atoms with Crippen LogP contribution in [0.5, 0.6) is 11.5 Å². The first-order valence-electron chi connectivity index (χ1n) is 12.5. The summed E-state index contributed by atoms with van der Waals surface area (Å²) in [6.45, 7) is 0.879. The molecule has 0 amide bonds. The Hall–Kier alpha value is -4.85. The quantitative estimate of drug-likeness (QED) is 0.137. The highest BCUT2D eigenvalue weighted by Crippen LogP contribution is 2.31. The van der Waals surface area contributed by atoms with Crippen LogP contribution in [0.4, 0.5) is 29.1 Å². The molecule has 0 aliphatic heterocycles. The number of aromatic nitrogens is 3. The van der Waals surface area contributed by atoms with Crippen molar-refractivity contribution in [2.45, 2.75) is 13.3 Å². The molecule has 42 heavy (non-hydrogen) atoms. The number of ketones is 1. The molecule has 0 saturated heterocycles. The molecule has 218 valence electrons. The molecule has 0 fully saturated rings. The van der Waals surface area contributed by atoms with Crippen molar-refractivity contribution in [3.8, 4) is 17.2 Å². The first-order chi connectivity index (χ1) is 20.0. The fraction of sp³-hybridized carbons (Fsp3) is 0.143. The van der Waals surface area contributed by atoms with Gasteiger partial charge in [-0.15, -0.1) is 0 Å². The molecular formula is C28H23F4N5O4S. The Kier molecular flexibility index (Phi) is 7.65. The van der Waals surface area contributed by atoms with Gasteiger partial charge in [0, 0.05) is 10.9 Å². The highest BCUT2D eigenvalue weighted by Gasteiger charge is 2.22. The van der Waals surface area contributed by atoms with E-state index in [0.717, 1.165) is 12.1 Å². The van der Waals surface area contributed by atoms with Crippen LogP contribution in [0.15, 0.2) is 60.8 Å². The number of hydrogen-bond acceptors (Lipinski definition) is 6. The Morgan fingerprint density at radius 1 is 1.10 bits per heavy atom. The predicted molar refractivity (Wildman–Crippen MR) is 149 cm³/mol. The van der Waals surface area contributed by atoms with Crippen LogP contribution in [0.2, 0.25) is 0 Å². The summed E-state index contributed by atoms with van der Waals surface area (Å²) in [4.78, 5) is 16.1. The number of halogens is 4. The second-order valence-electron chi connectivity index (χ2n) is 9.35. The number of nitrogen functional groups attached to an aromatic ring is 1. The third kappa shape index (κ3) is 5.65. The molecule has 0 aliphatic rings. The van der Waals surface area contributed by atoms with Crippen molar-refractivity contribution in [1.29, 1.82) is 0 Å². The molecule has 0 spiro atoms. The third-order valence-corrected chi connectivity index (χ3v) is 7.71. The fourth-order valence-corrected chi connectivity index (χ4v) is 5.39. The number of nitrogens with zero attached hydrogens (tertiary/aromatic N) is 2. The van der Waals surface area contributed by atoms with Gasteiger partial charge in [-0.2, -0.15) is 9.49 Å². The summed E-state index contributed by atoms with van der Waals surface area (Å²) in [6, 6.07) is 11.9. The number of aromatic amines is 1. The molecule has 0 aliphatic carbocycles. The minimum absolute atomic E-state index is 0.000841. The van der Waals surface area contributed by atoms with Gasteiger partial charge in [0.05, 0.1) is 41.3 Å². The molecule has 0 bridgehead atoms. The molecule has 5 aromatic rings. The number of hydrogen-bond donors (Lipinski definition) is 3. The Morgan fingerprint density at radius 3 is 2.62 bits per heavy atom. The van der Waals surface area contributed by atoms with Crippen molar-refractivity contribution >= 4 is 38.2 Å². The second kappa shape index (κ2) is 11.2. The molecular weight excluding hydrogens is 578 g/mol. The number of fused-ring (bicyclic) bond motifs is 1. The van der Waals surface area contributed by atoms with E-state index < -0.39 is 45.7 Å². The standard InChI is InChI=1S/C28H23F4N5O4S/c1-15-10-17(41-25-5-2-4-19(30)26(25)32)6-7-24(15)37-28(33)18(14-34-37)27(38)23-12-16-11-20(31)22(13-21(16)35-23)36-42(39,40)9-3-8-29/h2,4-7,10-14,35-36H,3,8-9,33H2,1H3. The van der Waals surface area contributed by atoms with Gasteiger partial charge < -0.3 is 15.5 Å². The minimum Gasteiger partial charge on any atom is -0.454 e. The molecule has 3 aromatic carbocycles. The van der Waals surface area contributed by atoms with E-state index in [4.69, 9.17) is 10.5 Å². The van der Waals surface area contributed by atoms with Gasteiger partial charge >= 0.3 is 0 Å². The lowest BCUT2D eigenvalue weighted by atomic mass is 10.1. The number of aryl methyl sites for hydroxylation is 1. The van der Waals surface area contributed by atoms with E-state index in [1.54, 1.807) is 19.1 Å². The van der Waals surface area contributed by atoms with E-state index in [2.05, 4.69) is 14.8 Å². The molecule has 0 radical (unpaired) electrons. The zero-order valence-electron chi connectivity index (χ0n) is 21.9. The van der Waals surface area contributed by atoms with Crippen molar-refractivity contribution in [3.05, 3.63) is 95.1 Å². The van der Waals surface area contributed by atoms with Crippen molar-refractivity contribution < 1.29 is 35.5 Å². The largest absolute Gasteiger partial charge is 0.454 e. The van der Waals surface area contributed by atoms with Crippen LogP contribution in [0.3, 0.4) is 0 Å². The monoisotopic (exact) mass is 601 g/mol. The first-order valence-corrected chi connectivity index (χ1v) is 14.1. The van der Waals surface area contributed by atoms with Gasteiger partial charge in [-0.3, -0.25) is 13.9 Å². The summed E-state index contributed by atoms with van der Waals surface area (Å²) in [5, 5.41) is 4.52.